The van der Waals surface area contributed by atoms with E-state index in [2.05, 4.69) is 15.3 Å². The van der Waals surface area contributed by atoms with Crippen LogP contribution in [0, 0.1) is 6.92 Å². The average Bonchev–Trinajstić information content (AvgIpc) is 2.73. The summed E-state index contributed by atoms with van der Waals surface area (Å²) in [6.07, 6.45) is 0. The van der Waals surface area contributed by atoms with Gasteiger partial charge in [-0.25, -0.2) is 4.68 Å². The number of fused-ring (bicyclic) bond motifs is 1. The molecular weight excluding hydrogens is 408 g/mol. The van der Waals surface area contributed by atoms with E-state index in [0.29, 0.717) is 16.1 Å². The Bertz CT molecular complexity index is 1130. The van der Waals surface area contributed by atoms with Crippen molar-refractivity contribution in [3.8, 4) is 0 Å². The van der Waals surface area contributed by atoms with Crippen molar-refractivity contribution in [2.75, 3.05) is 34.8 Å². The quantitative estimate of drug-likeness (QED) is 0.688. The number of halogens is 1. The minimum absolute atomic E-state index is 0.161. The number of amides is 1. The maximum Gasteiger partial charge on any atom is 0.275 e. The third kappa shape index (κ3) is 4.26. The van der Waals surface area contributed by atoms with Gasteiger partial charge in [-0.05, 0) is 30.7 Å². The molecule has 0 aliphatic carbocycles. The number of aryl methyl sites for hydroxylation is 1. The molecule has 0 unspecified atom stereocenters. The third-order valence-electron chi connectivity index (χ3n) is 4.93. The van der Waals surface area contributed by atoms with Crippen LogP contribution in [0.4, 0.5) is 11.5 Å². The van der Waals surface area contributed by atoms with Gasteiger partial charge in [0, 0.05) is 40.7 Å². The third-order valence-corrected chi connectivity index (χ3v) is 6.10. The van der Waals surface area contributed by atoms with E-state index in [1.807, 2.05) is 43.0 Å². The summed E-state index contributed by atoms with van der Waals surface area (Å²) >= 11 is 7.94. The van der Waals surface area contributed by atoms with E-state index in [1.54, 1.807) is 18.2 Å². The number of aromatic nitrogens is 2. The largest absolute Gasteiger partial charge is 0.353 e. The Morgan fingerprint density at radius 1 is 1.17 bits per heavy atom. The van der Waals surface area contributed by atoms with E-state index in [4.69, 9.17) is 11.6 Å². The van der Waals surface area contributed by atoms with Gasteiger partial charge in [-0.2, -0.15) is 16.9 Å². The first-order valence-corrected chi connectivity index (χ1v) is 10.9. The van der Waals surface area contributed by atoms with Crippen LogP contribution in [0.15, 0.2) is 47.3 Å². The van der Waals surface area contributed by atoms with Crippen LogP contribution in [0.25, 0.3) is 10.8 Å². The molecule has 0 bridgehead atoms. The molecule has 0 atom stereocenters. The SMILES string of the molecule is Cc1ccc(Cl)cc1NC(=O)Cn1nc(N2CCSCC2)c2ccccc2c1=O. The predicted octanol–water partition coefficient (Wildman–Crippen LogP) is 3.55. The second-order valence-corrected chi connectivity index (χ2v) is 8.60. The minimum atomic E-state index is -0.319. The lowest BCUT2D eigenvalue weighted by atomic mass is 10.1. The maximum atomic E-state index is 12.9. The van der Waals surface area contributed by atoms with E-state index in [-0.39, 0.29) is 18.0 Å². The van der Waals surface area contributed by atoms with Gasteiger partial charge in [-0.1, -0.05) is 35.9 Å². The molecular formula is C21H21ClN4O2S. The molecule has 150 valence electrons. The van der Waals surface area contributed by atoms with Gasteiger partial charge < -0.3 is 10.2 Å². The fourth-order valence-electron chi connectivity index (χ4n) is 3.39. The molecule has 1 N–H and O–H groups in total. The number of thioether (sulfide) groups is 1. The highest BCUT2D eigenvalue weighted by molar-refractivity contribution is 7.99. The minimum Gasteiger partial charge on any atom is -0.353 e. The molecule has 1 aliphatic rings. The number of hydrogen-bond donors (Lipinski definition) is 1. The van der Waals surface area contributed by atoms with E-state index in [0.717, 1.165) is 41.4 Å². The first kappa shape index (κ1) is 19.8. The Kier molecular flexibility index (Phi) is 5.78. The van der Waals surface area contributed by atoms with Crippen molar-refractivity contribution >= 4 is 51.5 Å². The van der Waals surface area contributed by atoms with Gasteiger partial charge in [0.2, 0.25) is 5.91 Å². The van der Waals surface area contributed by atoms with E-state index < -0.39 is 0 Å². The van der Waals surface area contributed by atoms with Crippen molar-refractivity contribution in [2.45, 2.75) is 13.5 Å². The molecule has 1 amide bonds. The van der Waals surface area contributed by atoms with E-state index in [1.165, 1.54) is 4.68 Å². The molecule has 2 aromatic carbocycles. The summed E-state index contributed by atoms with van der Waals surface area (Å²) in [5.41, 5.74) is 1.26. The van der Waals surface area contributed by atoms with Gasteiger partial charge in [-0.15, -0.1) is 0 Å². The molecule has 4 rings (SSSR count). The second kappa shape index (κ2) is 8.47. The van der Waals surface area contributed by atoms with Crippen molar-refractivity contribution in [3.05, 3.63) is 63.4 Å². The zero-order valence-corrected chi connectivity index (χ0v) is 17.6. The molecule has 0 spiro atoms. The molecule has 1 saturated heterocycles. The number of hydrogen-bond acceptors (Lipinski definition) is 5. The van der Waals surface area contributed by atoms with Crippen molar-refractivity contribution in [3.63, 3.8) is 0 Å². The van der Waals surface area contributed by atoms with Crippen molar-refractivity contribution in [2.24, 2.45) is 0 Å². The van der Waals surface area contributed by atoms with Crippen LogP contribution < -0.4 is 15.8 Å². The molecule has 1 fully saturated rings. The number of benzene rings is 2. The highest BCUT2D eigenvalue weighted by Crippen LogP contribution is 2.25. The molecule has 3 aromatic rings. The van der Waals surface area contributed by atoms with E-state index in [9.17, 15) is 9.59 Å². The van der Waals surface area contributed by atoms with Crippen molar-refractivity contribution < 1.29 is 4.79 Å². The van der Waals surface area contributed by atoms with Crippen LogP contribution in [-0.2, 0) is 11.3 Å². The topological polar surface area (TPSA) is 67.2 Å². The number of nitrogens with one attached hydrogen (secondary N) is 1. The first-order valence-electron chi connectivity index (χ1n) is 9.41. The summed E-state index contributed by atoms with van der Waals surface area (Å²) in [5, 5.41) is 9.35. The van der Waals surface area contributed by atoms with Crippen LogP contribution >= 0.6 is 23.4 Å². The second-order valence-electron chi connectivity index (χ2n) is 6.94. The summed E-state index contributed by atoms with van der Waals surface area (Å²) in [6.45, 7) is 3.46. The lowest BCUT2D eigenvalue weighted by Crippen LogP contribution is -2.37. The smallest absolute Gasteiger partial charge is 0.275 e. The van der Waals surface area contributed by atoms with Crippen LogP contribution in [-0.4, -0.2) is 40.3 Å². The molecule has 2 heterocycles. The zero-order chi connectivity index (χ0) is 20.4. The van der Waals surface area contributed by atoms with Gasteiger partial charge in [0.25, 0.3) is 5.56 Å². The normalized spacial score (nSPS) is 14.2. The molecule has 0 radical (unpaired) electrons. The standard InChI is InChI=1S/C21H21ClN4O2S/c1-14-6-7-15(22)12-18(14)23-19(27)13-26-21(28)17-5-3-2-4-16(17)20(24-26)25-8-10-29-11-9-25/h2-7,12H,8-11,13H2,1H3,(H,23,27). The molecule has 8 heteroatoms. The van der Waals surface area contributed by atoms with Crippen LogP contribution in [0.1, 0.15) is 5.56 Å². The highest BCUT2D eigenvalue weighted by atomic mass is 35.5. The fraction of sp³-hybridized carbons (Fsp3) is 0.286. The van der Waals surface area contributed by atoms with Crippen molar-refractivity contribution in [1.82, 2.24) is 9.78 Å². The Balaban J connectivity index is 1.68. The van der Waals surface area contributed by atoms with Gasteiger partial charge in [0.1, 0.15) is 6.54 Å². The lowest BCUT2D eigenvalue weighted by Gasteiger charge is -2.28. The van der Waals surface area contributed by atoms with Crippen LogP contribution in [0.2, 0.25) is 5.02 Å². The lowest BCUT2D eigenvalue weighted by molar-refractivity contribution is -0.117. The summed E-state index contributed by atoms with van der Waals surface area (Å²) in [4.78, 5) is 27.8. The molecule has 6 nitrogen and oxygen atoms in total. The van der Waals surface area contributed by atoms with Crippen LogP contribution in [0.3, 0.4) is 0 Å². The first-order chi connectivity index (χ1) is 14.0. The monoisotopic (exact) mass is 428 g/mol. The maximum absolute atomic E-state index is 12.9. The molecule has 29 heavy (non-hydrogen) atoms. The van der Waals surface area contributed by atoms with Gasteiger partial charge in [-0.3, -0.25) is 9.59 Å². The summed E-state index contributed by atoms with van der Waals surface area (Å²) in [5.74, 6) is 2.47. The molecule has 1 aliphatic heterocycles. The number of carbonyl (C=O) groups excluding carboxylic acids is 1. The van der Waals surface area contributed by atoms with Crippen LogP contribution in [0.5, 0.6) is 0 Å². The van der Waals surface area contributed by atoms with E-state index >= 15 is 0 Å². The predicted molar refractivity (Wildman–Crippen MR) is 120 cm³/mol. The summed E-state index contributed by atoms with van der Waals surface area (Å²) in [6, 6.07) is 12.7. The molecule has 0 saturated carbocycles. The number of carbonyl (C=O) groups is 1. The number of nitrogens with zero attached hydrogens (tertiary/aromatic N) is 3. The molecule has 1 aromatic heterocycles. The van der Waals surface area contributed by atoms with Gasteiger partial charge in [0.15, 0.2) is 5.82 Å². The van der Waals surface area contributed by atoms with Gasteiger partial charge >= 0.3 is 0 Å². The van der Waals surface area contributed by atoms with Gasteiger partial charge in [0.05, 0.1) is 5.39 Å². The van der Waals surface area contributed by atoms with Crippen molar-refractivity contribution in [1.29, 1.82) is 0 Å². The summed E-state index contributed by atoms with van der Waals surface area (Å²) < 4.78 is 1.26. The Labute approximate surface area is 177 Å². The summed E-state index contributed by atoms with van der Waals surface area (Å²) in [7, 11) is 0. The fourth-order valence-corrected chi connectivity index (χ4v) is 4.46. The average molecular weight is 429 g/mol. The number of anilines is 2. The Morgan fingerprint density at radius 3 is 2.66 bits per heavy atom. The Hall–Kier alpha value is -2.51. The zero-order valence-electron chi connectivity index (χ0n) is 16.0. The number of rotatable bonds is 4. The Morgan fingerprint density at radius 2 is 1.90 bits per heavy atom. The highest BCUT2D eigenvalue weighted by Gasteiger charge is 2.19.